The predicted molar refractivity (Wildman–Crippen MR) is 122 cm³/mol. The van der Waals surface area contributed by atoms with Gasteiger partial charge in [-0.15, -0.1) is 0 Å². The molecule has 166 valence electrons. The number of hydrogen-bond donors (Lipinski definition) is 2. The molecule has 0 bridgehead atoms. The van der Waals surface area contributed by atoms with E-state index in [1.807, 2.05) is 37.4 Å². The zero-order valence-electron chi connectivity index (χ0n) is 17.7. The van der Waals surface area contributed by atoms with E-state index in [0.717, 1.165) is 54.0 Å². The molecule has 2 aromatic carbocycles. The van der Waals surface area contributed by atoms with Crippen molar-refractivity contribution in [2.75, 3.05) is 23.3 Å². The number of aliphatic imine (C=N–C) groups is 1. The molecule has 0 aliphatic carbocycles. The number of aryl methyl sites for hydroxylation is 1. The molecule has 1 aromatic heterocycles. The Balaban J connectivity index is 1.65. The summed E-state index contributed by atoms with van der Waals surface area (Å²) in [6, 6.07) is 15.6. The van der Waals surface area contributed by atoms with Crippen LogP contribution >= 0.6 is 0 Å². The van der Waals surface area contributed by atoms with Gasteiger partial charge >= 0.3 is 6.30 Å². The molecule has 3 N–H and O–H groups in total. The largest absolute Gasteiger partial charge is 0.482 e. The number of hydrogen-bond acceptors (Lipinski definition) is 4. The van der Waals surface area contributed by atoms with Crippen molar-refractivity contribution in [1.82, 2.24) is 4.98 Å². The first kappa shape index (κ1) is 21.7. The minimum Gasteiger partial charge on any atom is -0.383 e. The maximum absolute atomic E-state index is 12.5. The molecule has 32 heavy (non-hydrogen) atoms. The number of nitrogens with zero attached hydrogens (tertiary/aromatic N) is 3. The Morgan fingerprint density at radius 2 is 1.75 bits per heavy atom. The van der Waals surface area contributed by atoms with E-state index in [1.54, 1.807) is 0 Å². The number of alkyl halides is 3. The summed E-state index contributed by atoms with van der Waals surface area (Å²) in [5.74, 6) is 0.288. The van der Waals surface area contributed by atoms with Crippen molar-refractivity contribution in [3.8, 4) is 11.1 Å². The average Bonchev–Trinajstić information content (AvgIpc) is 3.29. The van der Waals surface area contributed by atoms with Crippen molar-refractivity contribution < 1.29 is 13.2 Å². The van der Waals surface area contributed by atoms with Gasteiger partial charge in [0.05, 0.1) is 5.69 Å². The van der Waals surface area contributed by atoms with E-state index in [4.69, 9.17) is 5.73 Å². The fraction of sp³-hybridized carbons (Fsp3) is 0.250. The highest BCUT2D eigenvalue weighted by molar-refractivity contribution is 6.01. The van der Waals surface area contributed by atoms with Crippen LogP contribution in [0.4, 0.5) is 30.2 Å². The van der Waals surface area contributed by atoms with Crippen LogP contribution in [0.2, 0.25) is 0 Å². The minimum absolute atomic E-state index is 0.0563. The zero-order valence-corrected chi connectivity index (χ0v) is 17.7. The molecule has 1 fully saturated rings. The van der Waals surface area contributed by atoms with Crippen LogP contribution in [-0.2, 0) is 0 Å². The third kappa shape index (κ3) is 5.19. The van der Waals surface area contributed by atoms with Gasteiger partial charge in [0.25, 0.3) is 0 Å². The number of halogens is 3. The summed E-state index contributed by atoms with van der Waals surface area (Å²) >= 11 is 0. The molecule has 0 atom stereocenters. The molecule has 3 aromatic rings. The highest BCUT2D eigenvalue weighted by atomic mass is 19.4. The van der Waals surface area contributed by atoms with Gasteiger partial charge in [0.15, 0.2) is 0 Å². The van der Waals surface area contributed by atoms with Gasteiger partial charge in [0.1, 0.15) is 5.84 Å². The van der Waals surface area contributed by atoms with Gasteiger partial charge in [-0.05, 0) is 68.3 Å². The second-order valence-corrected chi connectivity index (χ2v) is 7.78. The fourth-order valence-corrected chi connectivity index (χ4v) is 3.77. The summed E-state index contributed by atoms with van der Waals surface area (Å²) in [5.41, 5.74) is 11.5. The lowest BCUT2D eigenvalue weighted by Gasteiger charge is -2.22. The van der Waals surface area contributed by atoms with E-state index < -0.39 is 6.30 Å². The Hall–Kier alpha value is -3.55. The summed E-state index contributed by atoms with van der Waals surface area (Å²) in [6.07, 6.45) is -0.303. The molecular weight excluding hydrogens is 415 g/mol. The molecule has 2 heterocycles. The zero-order chi connectivity index (χ0) is 22.7. The van der Waals surface area contributed by atoms with Gasteiger partial charge in [-0.1, -0.05) is 6.07 Å². The SMILES string of the molecule is Cc1ccc(-c2cc(C(N)=Nc3ccc(NC(F)(F)F)cc3)ccc2N2CCCC2)cn1. The Morgan fingerprint density at radius 1 is 1.03 bits per heavy atom. The average molecular weight is 439 g/mol. The van der Waals surface area contributed by atoms with E-state index in [9.17, 15) is 13.2 Å². The summed E-state index contributed by atoms with van der Waals surface area (Å²) in [7, 11) is 0. The lowest BCUT2D eigenvalue weighted by molar-refractivity contribution is -0.0999. The molecular formula is C24H24F3N5. The number of nitrogens with one attached hydrogen (secondary N) is 1. The fourth-order valence-electron chi connectivity index (χ4n) is 3.77. The number of anilines is 2. The molecule has 0 saturated carbocycles. The van der Waals surface area contributed by atoms with E-state index in [0.29, 0.717) is 5.69 Å². The van der Waals surface area contributed by atoms with Crippen molar-refractivity contribution in [3.63, 3.8) is 0 Å². The van der Waals surface area contributed by atoms with Crippen molar-refractivity contribution in [3.05, 3.63) is 72.1 Å². The van der Waals surface area contributed by atoms with E-state index >= 15 is 0 Å². The third-order valence-corrected chi connectivity index (χ3v) is 5.36. The summed E-state index contributed by atoms with van der Waals surface area (Å²) in [6.45, 7) is 3.96. The Kier molecular flexibility index (Phi) is 6.03. The van der Waals surface area contributed by atoms with Gasteiger partial charge in [0.2, 0.25) is 0 Å². The number of rotatable bonds is 5. The first-order chi connectivity index (χ1) is 15.3. The van der Waals surface area contributed by atoms with Gasteiger partial charge < -0.3 is 10.6 Å². The van der Waals surface area contributed by atoms with Crippen molar-refractivity contribution >= 4 is 22.9 Å². The monoisotopic (exact) mass is 439 g/mol. The van der Waals surface area contributed by atoms with Crippen molar-refractivity contribution in [2.24, 2.45) is 10.7 Å². The van der Waals surface area contributed by atoms with Crippen LogP contribution in [0.3, 0.4) is 0 Å². The van der Waals surface area contributed by atoms with E-state index in [-0.39, 0.29) is 11.5 Å². The number of amidine groups is 1. The number of pyridine rings is 1. The van der Waals surface area contributed by atoms with Crippen LogP contribution in [0, 0.1) is 6.92 Å². The smallest absolute Gasteiger partial charge is 0.383 e. The molecule has 0 spiro atoms. The van der Waals surface area contributed by atoms with Crippen LogP contribution in [-0.4, -0.2) is 30.2 Å². The van der Waals surface area contributed by atoms with Crippen molar-refractivity contribution in [2.45, 2.75) is 26.1 Å². The lowest BCUT2D eigenvalue weighted by Crippen LogP contribution is -2.20. The molecule has 5 nitrogen and oxygen atoms in total. The molecule has 0 amide bonds. The van der Waals surface area contributed by atoms with Crippen LogP contribution in [0.1, 0.15) is 24.1 Å². The molecule has 0 unspecified atom stereocenters. The predicted octanol–water partition coefficient (Wildman–Crippen LogP) is 5.63. The Labute approximate surface area is 184 Å². The number of nitrogens with two attached hydrogens (primary N) is 1. The highest BCUT2D eigenvalue weighted by Gasteiger charge is 2.26. The minimum atomic E-state index is -4.48. The highest BCUT2D eigenvalue weighted by Crippen LogP contribution is 2.34. The van der Waals surface area contributed by atoms with Gasteiger partial charge in [-0.2, -0.15) is 13.2 Å². The van der Waals surface area contributed by atoms with Gasteiger partial charge in [-0.3, -0.25) is 10.3 Å². The summed E-state index contributed by atoms with van der Waals surface area (Å²) < 4.78 is 37.4. The molecule has 8 heteroatoms. The second-order valence-electron chi connectivity index (χ2n) is 7.78. The molecule has 0 radical (unpaired) electrons. The molecule has 4 rings (SSSR count). The van der Waals surface area contributed by atoms with E-state index in [1.165, 1.54) is 29.6 Å². The normalized spacial score (nSPS) is 14.6. The van der Waals surface area contributed by atoms with E-state index in [2.05, 4.69) is 20.9 Å². The number of aromatic nitrogens is 1. The molecule has 1 saturated heterocycles. The van der Waals surface area contributed by atoms with Crippen LogP contribution < -0.4 is 16.0 Å². The molecule has 1 aliphatic heterocycles. The lowest BCUT2D eigenvalue weighted by atomic mass is 10.0. The topological polar surface area (TPSA) is 66.5 Å². The standard InChI is InChI=1S/C24H24F3N5/c1-16-4-5-18(15-29-16)21-14-17(6-11-22(21)32-12-2-3-13-32)23(28)30-19-7-9-20(10-8-19)31-24(25,26)27/h4-11,14-15,31H,2-3,12-13H2,1H3,(H2,28,30). The summed E-state index contributed by atoms with van der Waals surface area (Å²) in [4.78, 5) is 11.2. The molecule has 1 aliphatic rings. The van der Waals surface area contributed by atoms with Crippen LogP contribution in [0.15, 0.2) is 65.8 Å². The first-order valence-corrected chi connectivity index (χ1v) is 10.4. The Bertz CT molecular complexity index is 1100. The maximum Gasteiger partial charge on any atom is 0.482 e. The second kappa shape index (κ2) is 8.90. The summed E-state index contributed by atoms with van der Waals surface area (Å²) in [5, 5.41) is 1.47. The maximum atomic E-state index is 12.5. The quantitative estimate of drug-likeness (QED) is 0.307. The van der Waals surface area contributed by atoms with Gasteiger partial charge in [-0.25, -0.2) is 4.99 Å². The third-order valence-electron chi connectivity index (χ3n) is 5.36. The first-order valence-electron chi connectivity index (χ1n) is 10.4. The van der Waals surface area contributed by atoms with Crippen LogP contribution in [0.5, 0.6) is 0 Å². The van der Waals surface area contributed by atoms with Crippen LogP contribution in [0.25, 0.3) is 11.1 Å². The number of benzene rings is 2. The van der Waals surface area contributed by atoms with Gasteiger partial charge in [0, 0.05) is 53.0 Å². The Morgan fingerprint density at radius 3 is 2.38 bits per heavy atom. The van der Waals surface area contributed by atoms with Crippen molar-refractivity contribution in [1.29, 1.82) is 0 Å².